The van der Waals surface area contributed by atoms with Crippen molar-refractivity contribution >= 4 is 21.8 Å². The molecule has 156 valence electrons. The summed E-state index contributed by atoms with van der Waals surface area (Å²) in [5.74, 6) is -0.177. The zero-order chi connectivity index (χ0) is 21.6. The smallest absolute Gasteiger partial charge is 0.307 e. The van der Waals surface area contributed by atoms with Crippen LogP contribution in [-0.4, -0.2) is 33.8 Å². The maximum absolute atomic E-state index is 12.4. The van der Waals surface area contributed by atoms with Crippen LogP contribution in [0.25, 0.3) is 0 Å². The van der Waals surface area contributed by atoms with Crippen LogP contribution < -0.4 is 9.46 Å². The van der Waals surface area contributed by atoms with Gasteiger partial charge in [0.25, 0.3) is 0 Å². The number of carbonyl (C=O) groups excluding carboxylic acids is 2. The quantitative estimate of drug-likeness (QED) is 0.496. The molecule has 0 saturated carbocycles. The van der Waals surface area contributed by atoms with Gasteiger partial charge in [-0.05, 0) is 56.2 Å². The number of aryl methyl sites for hydroxylation is 2. The number of hydrogen-bond donors (Lipinski definition) is 1. The van der Waals surface area contributed by atoms with Gasteiger partial charge in [-0.1, -0.05) is 12.1 Å². The van der Waals surface area contributed by atoms with Gasteiger partial charge in [0, 0.05) is 17.7 Å². The molecule has 2 rings (SSSR count). The third-order valence-corrected chi connectivity index (χ3v) is 5.93. The van der Waals surface area contributed by atoms with E-state index in [1.165, 1.54) is 14.0 Å². The number of sulfonamides is 1. The van der Waals surface area contributed by atoms with Crippen LogP contribution in [0.5, 0.6) is 5.75 Å². The number of carbonyl (C=O) groups is 2. The molecule has 0 unspecified atom stereocenters. The fourth-order valence-electron chi connectivity index (χ4n) is 2.70. The second kappa shape index (κ2) is 9.67. The Balaban J connectivity index is 1.93. The topological polar surface area (TPSA) is 98.8 Å². The second-order valence-electron chi connectivity index (χ2n) is 6.66. The van der Waals surface area contributed by atoms with E-state index in [1.807, 2.05) is 13.0 Å². The monoisotopic (exact) mass is 419 g/mol. The summed E-state index contributed by atoms with van der Waals surface area (Å²) in [6.07, 6.45) is -0.126. The Hall–Kier alpha value is -2.71. The highest BCUT2D eigenvalue weighted by Gasteiger charge is 2.17. The molecule has 29 heavy (non-hydrogen) atoms. The minimum atomic E-state index is -3.72. The lowest BCUT2D eigenvalue weighted by Gasteiger charge is -2.12. The van der Waals surface area contributed by atoms with Crippen LogP contribution in [0.1, 0.15) is 40.4 Å². The first-order valence-corrected chi connectivity index (χ1v) is 10.5. The molecule has 0 heterocycles. The normalized spacial score (nSPS) is 11.2. The molecule has 0 fully saturated rings. The number of ether oxygens (including phenoxy) is 2. The van der Waals surface area contributed by atoms with Crippen molar-refractivity contribution in [3.05, 3.63) is 58.7 Å². The van der Waals surface area contributed by atoms with E-state index in [9.17, 15) is 18.0 Å². The molecule has 0 atom stereocenters. The summed E-state index contributed by atoms with van der Waals surface area (Å²) < 4.78 is 37.7. The molecule has 8 heteroatoms. The van der Waals surface area contributed by atoms with Crippen LogP contribution in [0.3, 0.4) is 0 Å². The average molecular weight is 419 g/mol. The summed E-state index contributed by atoms with van der Waals surface area (Å²) in [7, 11) is -2.24. The Morgan fingerprint density at radius 2 is 1.79 bits per heavy atom. The largest absolute Gasteiger partial charge is 0.496 e. The fourth-order valence-corrected chi connectivity index (χ4v) is 4.06. The molecule has 2 aromatic carbocycles. The SMILES string of the molecule is COc1ccc(C(C)=O)cc1COC(=O)CCNS(=O)(=O)c1cc(C)ccc1C. The minimum absolute atomic E-state index is 0.0765. The highest BCUT2D eigenvalue weighted by molar-refractivity contribution is 7.89. The second-order valence-corrected chi connectivity index (χ2v) is 8.40. The lowest BCUT2D eigenvalue weighted by Crippen LogP contribution is -2.27. The zero-order valence-corrected chi connectivity index (χ0v) is 17.8. The van der Waals surface area contributed by atoms with E-state index in [0.717, 1.165) is 5.56 Å². The zero-order valence-electron chi connectivity index (χ0n) is 16.9. The molecule has 0 amide bonds. The first-order chi connectivity index (χ1) is 13.6. The maximum Gasteiger partial charge on any atom is 0.307 e. The molecule has 0 bridgehead atoms. The van der Waals surface area contributed by atoms with Crippen LogP contribution >= 0.6 is 0 Å². The van der Waals surface area contributed by atoms with Crippen LogP contribution in [0.2, 0.25) is 0 Å². The summed E-state index contributed by atoms with van der Waals surface area (Å²) in [5, 5.41) is 0. The molecule has 0 aromatic heterocycles. The minimum Gasteiger partial charge on any atom is -0.496 e. The molecular formula is C21H25NO6S. The van der Waals surface area contributed by atoms with Gasteiger partial charge in [0.05, 0.1) is 18.4 Å². The van der Waals surface area contributed by atoms with Gasteiger partial charge in [-0.25, -0.2) is 13.1 Å². The van der Waals surface area contributed by atoms with Gasteiger partial charge in [-0.15, -0.1) is 0 Å². The van der Waals surface area contributed by atoms with E-state index in [2.05, 4.69) is 4.72 Å². The van der Waals surface area contributed by atoms with Crippen molar-refractivity contribution in [1.29, 1.82) is 0 Å². The van der Waals surface area contributed by atoms with Gasteiger partial charge in [-0.2, -0.15) is 0 Å². The number of nitrogens with one attached hydrogen (secondary N) is 1. The molecule has 0 spiro atoms. The number of ketones is 1. The van der Waals surface area contributed by atoms with Gasteiger partial charge < -0.3 is 9.47 Å². The number of hydrogen-bond acceptors (Lipinski definition) is 6. The van der Waals surface area contributed by atoms with Gasteiger partial charge >= 0.3 is 5.97 Å². The summed E-state index contributed by atoms with van der Waals surface area (Å²) in [6, 6.07) is 10.0. The van der Waals surface area contributed by atoms with Gasteiger partial charge in [0.2, 0.25) is 10.0 Å². The molecule has 7 nitrogen and oxygen atoms in total. The number of benzene rings is 2. The van der Waals surface area contributed by atoms with Crippen LogP contribution in [0.15, 0.2) is 41.3 Å². The van der Waals surface area contributed by atoms with Crippen molar-refractivity contribution in [2.24, 2.45) is 0 Å². The maximum atomic E-state index is 12.4. The van der Waals surface area contributed by atoms with Gasteiger partial charge in [0.15, 0.2) is 5.78 Å². The third kappa shape index (κ3) is 6.13. The Morgan fingerprint density at radius 1 is 1.07 bits per heavy atom. The molecule has 0 saturated heterocycles. The Bertz CT molecular complexity index is 1010. The number of Topliss-reactive ketones (excluding diaryl/α,β-unsaturated/α-hetero) is 1. The van der Waals surface area contributed by atoms with Crippen molar-refractivity contribution in [3.63, 3.8) is 0 Å². The summed E-state index contributed by atoms with van der Waals surface area (Å²) >= 11 is 0. The lowest BCUT2D eigenvalue weighted by molar-refractivity contribution is -0.144. The average Bonchev–Trinajstić information content (AvgIpc) is 2.67. The summed E-state index contributed by atoms with van der Waals surface area (Å²) in [5.41, 5.74) is 2.50. The van der Waals surface area contributed by atoms with Crippen molar-refractivity contribution in [1.82, 2.24) is 4.72 Å². The predicted molar refractivity (Wildman–Crippen MR) is 109 cm³/mol. The summed E-state index contributed by atoms with van der Waals surface area (Å²) in [4.78, 5) is 23.7. The highest BCUT2D eigenvalue weighted by atomic mass is 32.2. The van der Waals surface area contributed by atoms with Gasteiger partial charge in [0.1, 0.15) is 12.4 Å². The molecule has 0 radical (unpaired) electrons. The van der Waals surface area contributed by atoms with Crippen molar-refractivity contribution in [2.75, 3.05) is 13.7 Å². The van der Waals surface area contributed by atoms with Crippen molar-refractivity contribution in [2.45, 2.75) is 38.7 Å². The third-order valence-electron chi connectivity index (χ3n) is 4.33. The molecule has 2 aromatic rings. The van der Waals surface area contributed by atoms with Gasteiger partial charge in [-0.3, -0.25) is 9.59 Å². The Kier molecular flexibility index (Phi) is 7.53. The van der Waals surface area contributed by atoms with E-state index in [-0.39, 0.29) is 30.3 Å². The fraction of sp³-hybridized carbons (Fsp3) is 0.333. The molecule has 0 aliphatic heterocycles. The number of rotatable bonds is 9. The molecule has 0 aliphatic rings. The van der Waals surface area contributed by atoms with Crippen molar-refractivity contribution < 1.29 is 27.5 Å². The molecule has 1 N–H and O–H groups in total. The van der Waals surface area contributed by atoms with Crippen LogP contribution in [0, 0.1) is 13.8 Å². The number of esters is 1. The number of methoxy groups -OCH3 is 1. The Morgan fingerprint density at radius 3 is 2.45 bits per heavy atom. The first kappa shape index (κ1) is 22.6. The van der Waals surface area contributed by atoms with Crippen LogP contribution in [0.4, 0.5) is 0 Å². The standard InChI is InChI=1S/C21H25NO6S/c1-14-5-6-15(2)20(11-14)29(25,26)22-10-9-21(24)28-13-18-12-17(16(3)23)7-8-19(18)27-4/h5-8,11-12,22H,9-10,13H2,1-4H3. The lowest BCUT2D eigenvalue weighted by atomic mass is 10.1. The van der Waals surface area contributed by atoms with E-state index >= 15 is 0 Å². The van der Waals surface area contributed by atoms with E-state index in [4.69, 9.17) is 9.47 Å². The first-order valence-electron chi connectivity index (χ1n) is 9.04. The summed E-state index contributed by atoms with van der Waals surface area (Å²) in [6.45, 7) is 4.81. The van der Waals surface area contributed by atoms with Crippen LogP contribution in [-0.2, 0) is 26.2 Å². The molecule has 0 aliphatic carbocycles. The van der Waals surface area contributed by atoms with Crippen molar-refractivity contribution in [3.8, 4) is 5.75 Å². The van der Waals surface area contributed by atoms with E-state index in [0.29, 0.717) is 22.4 Å². The van der Waals surface area contributed by atoms with E-state index < -0.39 is 16.0 Å². The highest BCUT2D eigenvalue weighted by Crippen LogP contribution is 2.21. The predicted octanol–water partition coefficient (Wildman–Crippen LogP) is 2.93. The Labute approximate surface area is 171 Å². The van der Waals surface area contributed by atoms with E-state index in [1.54, 1.807) is 37.3 Å². The molecular weight excluding hydrogens is 394 g/mol.